The highest BCUT2D eigenvalue weighted by molar-refractivity contribution is 5.23. The zero-order chi connectivity index (χ0) is 16.9. The van der Waals surface area contributed by atoms with Gasteiger partial charge < -0.3 is 4.98 Å². The number of aromatic nitrogens is 2. The molecule has 1 aromatic rings. The fraction of sp³-hybridized carbons (Fsp3) is 0.800. The summed E-state index contributed by atoms with van der Waals surface area (Å²) in [5, 5.41) is 9.14. The van der Waals surface area contributed by atoms with Crippen molar-refractivity contribution in [2.75, 3.05) is 0 Å². The van der Waals surface area contributed by atoms with Crippen molar-refractivity contribution in [3.8, 4) is 6.07 Å². The Balaban J connectivity index is 2.26. The van der Waals surface area contributed by atoms with Crippen molar-refractivity contribution in [1.82, 2.24) is 9.97 Å². The molecule has 0 radical (unpaired) electrons. The van der Waals surface area contributed by atoms with Crippen LogP contribution in [0.25, 0.3) is 0 Å². The average Bonchev–Trinajstić information content (AvgIpc) is 2.96. The third kappa shape index (κ3) is 7.68. The van der Waals surface area contributed by atoms with E-state index in [2.05, 4.69) is 29.9 Å². The molecule has 1 atom stereocenters. The molecule has 0 aliphatic carbocycles. The summed E-state index contributed by atoms with van der Waals surface area (Å²) in [5.74, 6) is 0.971. The molecule has 1 rings (SSSR count). The lowest BCUT2D eigenvalue weighted by Crippen LogP contribution is -1.96. The molecule has 130 valence electrons. The molecule has 0 spiro atoms. The van der Waals surface area contributed by atoms with Crippen LogP contribution in [0, 0.1) is 11.3 Å². The molecule has 0 saturated carbocycles. The fourth-order valence-electron chi connectivity index (χ4n) is 3.06. The van der Waals surface area contributed by atoms with Crippen LogP contribution in [0.2, 0.25) is 0 Å². The minimum absolute atomic E-state index is 0.107. The van der Waals surface area contributed by atoms with E-state index in [0.29, 0.717) is 0 Å². The first-order valence-electron chi connectivity index (χ1n) is 9.70. The van der Waals surface area contributed by atoms with Gasteiger partial charge in [0.2, 0.25) is 0 Å². The number of nitrogens with one attached hydrogen (secondary N) is 1. The number of nitrogens with zero attached hydrogens (tertiary/aromatic N) is 2. The fourth-order valence-corrected chi connectivity index (χ4v) is 3.06. The van der Waals surface area contributed by atoms with Crippen molar-refractivity contribution in [2.45, 2.75) is 104 Å². The molecule has 1 heterocycles. The van der Waals surface area contributed by atoms with Crippen molar-refractivity contribution in [2.24, 2.45) is 0 Å². The maximum Gasteiger partial charge on any atom is 0.106 e. The Morgan fingerprint density at radius 3 is 2.09 bits per heavy atom. The number of rotatable bonds is 13. The lowest BCUT2D eigenvalue weighted by molar-refractivity contribution is 0.562. The average molecular weight is 318 g/mol. The molecule has 0 aliphatic rings. The third-order valence-corrected chi connectivity index (χ3v) is 4.48. The van der Waals surface area contributed by atoms with Gasteiger partial charge in [0.25, 0.3) is 0 Å². The SMILES string of the molecule is CCCCCCCCCCCc1nc(C(C)C#N)c(CCC)[nH]1. The molecule has 1 N–H and O–H groups in total. The molecule has 1 unspecified atom stereocenters. The van der Waals surface area contributed by atoms with Crippen molar-refractivity contribution in [1.29, 1.82) is 5.26 Å². The number of nitriles is 1. The Labute approximate surface area is 142 Å². The zero-order valence-corrected chi connectivity index (χ0v) is 15.5. The van der Waals surface area contributed by atoms with E-state index in [4.69, 9.17) is 5.26 Å². The number of imidazole rings is 1. The van der Waals surface area contributed by atoms with Gasteiger partial charge in [0, 0.05) is 12.1 Å². The summed E-state index contributed by atoms with van der Waals surface area (Å²) in [6.45, 7) is 6.38. The van der Waals surface area contributed by atoms with E-state index in [9.17, 15) is 0 Å². The van der Waals surface area contributed by atoms with Crippen LogP contribution >= 0.6 is 0 Å². The first-order chi connectivity index (χ1) is 11.2. The molecule has 0 amide bonds. The molecule has 3 nitrogen and oxygen atoms in total. The van der Waals surface area contributed by atoms with Crippen LogP contribution in [-0.4, -0.2) is 9.97 Å². The van der Waals surface area contributed by atoms with E-state index < -0.39 is 0 Å². The number of aryl methyl sites for hydroxylation is 2. The van der Waals surface area contributed by atoms with Gasteiger partial charge in [-0.05, 0) is 19.8 Å². The summed E-state index contributed by atoms with van der Waals surface area (Å²) in [7, 11) is 0. The summed E-state index contributed by atoms with van der Waals surface area (Å²) in [6, 6.07) is 2.32. The van der Waals surface area contributed by atoms with Gasteiger partial charge >= 0.3 is 0 Å². The van der Waals surface area contributed by atoms with Crippen molar-refractivity contribution < 1.29 is 0 Å². The minimum Gasteiger partial charge on any atom is -0.346 e. The quantitative estimate of drug-likeness (QED) is 0.449. The molecule has 0 fully saturated rings. The third-order valence-electron chi connectivity index (χ3n) is 4.48. The highest BCUT2D eigenvalue weighted by Gasteiger charge is 2.15. The summed E-state index contributed by atoms with van der Waals surface area (Å²) in [5.41, 5.74) is 2.15. The normalized spacial score (nSPS) is 12.3. The smallest absolute Gasteiger partial charge is 0.106 e. The Kier molecular flexibility index (Phi) is 10.4. The van der Waals surface area contributed by atoms with Gasteiger partial charge in [0.05, 0.1) is 17.7 Å². The van der Waals surface area contributed by atoms with Gasteiger partial charge in [-0.3, -0.25) is 0 Å². The van der Waals surface area contributed by atoms with E-state index in [-0.39, 0.29) is 5.92 Å². The van der Waals surface area contributed by atoms with E-state index in [1.165, 1.54) is 63.5 Å². The summed E-state index contributed by atoms with van der Waals surface area (Å²) in [6.07, 6.45) is 15.2. The second-order valence-electron chi connectivity index (χ2n) is 6.73. The minimum atomic E-state index is -0.107. The molecule has 0 saturated heterocycles. The Bertz CT molecular complexity index is 456. The van der Waals surface area contributed by atoms with Crippen molar-refractivity contribution in [3.63, 3.8) is 0 Å². The lowest BCUT2D eigenvalue weighted by atomic mass is 10.1. The molecule has 23 heavy (non-hydrogen) atoms. The highest BCUT2D eigenvalue weighted by atomic mass is 14.9. The maximum atomic E-state index is 9.14. The Hall–Kier alpha value is -1.30. The molecular formula is C20H35N3. The van der Waals surface area contributed by atoms with Gasteiger partial charge in [-0.15, -0.1) is 0 Å². The van der Waals surface area contributed by atoms with Crippen LogP contribution in [0.4, 0.5) is 0 Å². The largest absolute Gasteiger partial charge is 0.346 e. The monoisotopic (exact) mass is 317 g/mol. The Morgan fingerprint density at radius 1 is 0.913 bits per heavy atom. The number of H-pyrrole nitrogens is 1. The van der Waals surface area contributed by atoms with Gasteiger partial charge in [0.15, 0.2) is 0 Å². The lowest BCUT2D eigenvalue weighted by Gasteiger charge is -2.01. The Morgan fingerprint density at radius 2 is 1.52 bits per heavy atom. The van der Waals surface area contributed by atoms with Crippen molar-refractivity contribution >= 4 is 0 Å². The number of aromatic amines is 1. The van der Waals surface area contributed by atoms with Gasteiger partial charge in [-0.2, -0.15) is 5.26 Å². The van der Waals surface area contributed by atoms with Crippen LogP contribution in [0.15, 0.2) is 0 Å². The van der Waals surface area contributed by atoms with Crippen LogP contribution in [0.5, 0.6) is 0 Å². The second kappa shape index (κ2) is 12.2. The topological polar surface area (TPSA) is 52.5 Å². The van der Waals surface area contributed by atoms with Gasteiger partial charge in [-0.1, -0.05) is 71.6 Å². The highest BCUT2D eigenvalue weighted by Crippen LogP contribution is 2.19. The summed E-state index contributed by atoms with van der Waals surface area (Å²) >= 11 is 0. The first kappa shape index (κ1) is 19.7. The van der Waals surface area contributed by atoms with Crippen LogP contribution in [0.3, 0.4) is 0 Å². The van der Waals surface area contributed by atoms with E-state index in [1.54, 1.807) is 0 Å². The zero-order valence-electron chi connectivity index (χ0n) is 15.5. The van der Waals surface area contributed by atoms with Crippen LogP contribution < -0.4 is 0 Å². The standard InChI is InChI=1S/C20H35N3/c1-4-6-7-8-9-10-11-12-13-15-19-22-18(14-5-2)20(23-19)17(3)16-21/h17H,4-15H2,1-3H3,(H,22,23). The first-order valence-corrected chi connectivity index (χ1v) is 9.70. The molecular weight excluding hydrogens is 282 g/mol. The molecule has 3 heteroatoms. The number of unbranched alkanes of at least 4 members (excludes halogenated alkanes) is 8. The number of hydrogen-bond donors (Lipinski definition) is 1. The molecule has 0 aromatic carbocycles. The molecule has 1 aromatic heterocycles. The van der Waals surface area contributed by atoms with E-state index in [0.717, 1.165) is 30.8 Å². The predicted octanol–water partition coefficient (Wildman–Crippen LogP) is 6.06. The maximum absolute atomic E-state index is 9.14. The van der Waals surface area contributed by atoms with Crippen LogP contribution in [0.1, 0.15) is 108 Å². The van der Waals surface area contributed by atoms with E-state index in [1.807, 2.05) is 6.92 Å². The molecule has 0 aliphatic heterocycles. The number of hydrogen-bond acceptors (Lipinski definition) is 2. The van der Waals surface area contributed by atoms with Crippen molar-refractivity contribution in [3.05, 3.63) is 17.2 Å². The molecule has 0 bridgehead atoms. The summed E-state index contributed by atoms with van der Waals surface area (Å²) in [4.78, 5) is 8.15. The predicted molar refractivity (Wildman–Crippen MR) is 97.5 cm³/mol. The second-order valence-corrected chi connectivity index (χ2v) is 6.73. The van der Waals surface area contributed by atoms with Gasteiger partial charge in [-0.25, -0.2) is 4.98 Å². The van der Waals surface area contributed by atoms with E-state index >= 15 is 0 Å². The van der Waals surface area contributed by atoms with Gasteiger partial charge in [0.1, 0.15) is 5.82 Å². The summed E-state index contributed by atoms with van der Waals surface area (Å²) < 4.78 is 0. The van der Waals surface area contributed by atoms with Crippen LogP contribution in [-0.2, 0) is 12.8 Å².